The van der Waals surface area contributed by atoms with Crippen molar-refractivity contribution in [3.8, 4) is 0 Å². The van der Waals surface area contributed by atoms with Crippen molar-refractivity contribution in [2.45, 2.75) is 18.9 Å². The van der Waals surface area contributed by atoms with Gasteiger partial charge in [0.1, 0.15) is 0 Å². The molecule has 0 spiro atoms. The number of hydrogen-bond donors (Lipinski definition) is 3. The van der Waals surface area contributed by atoms with Crippen LogP contribution in [0.3, 0.4) is 0 Å². The third-order valence-corrected chi connectivity index (χ3v) is 2.44. The van der Waals surface area contributed by atoms with Gasteiger partial charge >= 0.3 is 5.97 Å². The molecule has 0 aromatic rings. The summed E-state index contributed by atoms with van der Waals surface area (Å²) in [7, 11) is 1.83. The van der Waals surface area contributed by atoms with E-state index in [2.05, 4.69) is 10.6 Å². The molecule has 4 heteroatoms. The van der Waals surface area contributed by atoms with E-state index in [-0.39, 0.29) is 12.0 Å². The Labute approximate surface area is 72.3 Å². The third kappa shape index (κ3) is 2.19. The standard InChI is InChI=1S/C8H16N2O2/c1-9-7-3-5-10-4-2-6(7)8(11)12/h6-7,9-10H,2-5H2,1H3,(H,11,12). The molecular weight excluding hydrogens is 156 g/mol. The van der Waals surface area contributed by atoms with Crippen LogP contribution in [0.5, 0.6) is 0 Å². The van der Waals surface area contributed by atoms with Crippen molar-refractivity contribution in [3.63, 3.8) is 0 Å². The van der Waals surface area contributed by atoms with Crippen LogP contribution in [-0.4, -0.2) is 37.3 Å². The molecule has 0 amide bonds. The van der Waals surface area contributed by atoms with Crippen LogP contribution in [0.4, 0.5) is 0 Å². The van der Waals surface area contributed by atoms with E-state index in [0.29, 0.717) is 0 Å². The largest absolute Gasteiger partial charge is 0.481 e. The quantitative estimate of drug-likeness (QED) is 0.533. The Morgan fingerprint density at radius 1 is 1.50 bits per heavy atom. The zero-order chi connectivity index (χ0) is 8.97. The topological polar surface area (TPSA) is 61.4 Å². The lowest BCUT2D eigenvalue weighted by Crippen LogP contribution is -2.37. The second-order valence-corrected chi connectivity index (χ2v) is 3.17. The van der Waals surface area contributed by atoms with Crippen molar-refractivity contribution in [1.29, 1.82) is 0 Å². The fourth-order valence-electron chi connectivity index (χ4n) is 1.68. The van der Waals surface area contributed by atoms with Crippen molar-refractivity contribution < 1.29 is 9.90 Å². The average Bonchev–Trinajstić information content (AvgIpc) is 2.27. The van der Waals surface area contributed by atoms with E-state index in [1.807, 2.05) is 7.05 Å². The summed E-state index contributed by atoms with van der Waals surface area (Å²) in [5.74, 6) is -0.914. The molecule has 2 atom stereocenters. The minimum Gasteiger partial charge on any atom is -0.481 e. The maximum Gasteiger partial charge on any atom is 0.308 e. The van der Waals surface area contributed by atoms with Gasteiger partial charge in [-0.2, -0.15) is 0 Å². The minimum absolute atomic E-state index is 0.123. The molecule has 0 aliphatic carbocycles. The lowest BCUT2D eigenvalue weighted by Gasteiger charge is -2.19. The highest BCUT2D eigenvalue weighted by Crippen LogP contribution is 2.14. The average molecular weight is 172 g/mol. The Balaban J connectivity index is 2.57. The number of rotatable bonds is 2. The highest BCUT2D eigenvalue weighted by Gasteiger charge is 2.27. The molecule has 1 fully saturated rings. The summed E-state index contributed by atoms with van der Waals surface area (Å²) in [6.07, 6.45) is 1.62. The van der Waals surface area contributed by atoms with E-state index < -0.39 is 5.97 Å². The van der Waals surface area contributed by atoms with Gasteiger partial charge in [0.25, 0.3) is 0 Å². The van der Waals surface area contributed by atoms with Gasteiger partial charge in [-0.25, -0.2) is 0 Å². The van der Waals surface area contributed by atoms with Gasteiger partial charge in [0, 0.05) is 6.04 Å². The number of carboxylic acids is 1. The first-order valence-electron chi connectivity index (χ1n) is 4.36. The van der Waals surface area contributed by atoms with Gasteiger partial charge in [-0.3, -0.25) is 4.79 Å². The predicted octanol–water partition coefficient (Wildman–Crippen LogP) is -0.341. The number of nitrogens with one attached hydrogen (secondary N) is 2. The molecule has 12 heavy (non-hydrogen) atoms. The van der Waals surface area contributed by atoms with Crippen LogP contribution in [0, 0.1) is 5.92 Å². The molecule has 1 saturated heterocycles. The van der Waals surface area contributed by atoms with Crippen LogP contribution in [0.15, 0.2) is 0 Å². The molecule has 1 aliphatic rings. The second-order valence-electron chi connectivity index (χ2n) is 3.17. The summed E-state index contributed by atoms with van der Waals surface area (Å²) in [5, 5.41) is 15.1. The van der Waals surface area contributed by atoms with Gasteiger partial charge in [0.15, 0.2) is 0 Å². The van der Waals surface area contributed by atoms with E-state index in [0.717, 1.165) is 25.9 Å². The highest BCUT2D eigenvalue weighted by molar-refractivity contribution is 5.71. The van der Waals surface area contributed by atoms with E-state index in [1.165, 1.54) is 0 Å². The maximum absolute atomic E-state index is 10.8. The summed E-state index contributed by atoms with van der Waals surface area (Å²) in [6, 6.07) is 0.123. The Hall–Kier alpha value is -0.610. The van der Waals surface area contributed by atoms with Gasteiger partial charge in [-0.05, 0) is 33.0 Å². The SMILES string of the molecule is CNC1CCNCCC1C(=O)O. The van der Waals surface area contributed by atoms with Crippen molar-refractivity contribution in [1.82, 2.24) is 10.6 Å². The van der Waals surface area contributed by atoms with Crippen molar-refractivity contribution in [2.75, 3.05) is 20.1 Å². The molecule has 0 bridgehead atoms. The zero-order valence-corrected chi connectivity index (χ0v) is 7.34. The fourth-order valence-corrected chi connectivity index (χ4v) is 1.68. The van der Waals surface area contributed by atoms with Gasteiger partial charge in [0.2, 0.25) is 0 Å². The normalized spacial score (nSPS) is 31.1. The predicted molar refractivity (Wildman–Crippen MR) is 46.1 cm³/mol. The van der Waals surface area contributed by atoms with Crippen LogP contribution in [0.25, 0.3) is 0 Å². The van der Waals surface area contributed by atoms with Gasteiger partial charge < -0.3 is 15.7 Å². The fraction of sp³-hybridized carbons (Fsp3) is 0.875. The monoisotopic (exact) mass is 172 g/mol. The smallest absolute Gasteiger partial charge is 0.308 e. The minimum atomic E-state index is -0.682. The van der Waals surface area contributed by atoms with E-state index in [9.17, 15) is 4.79 Å². The molecule has 70 valence electrons. The van der Waals surface area contributed by atoms with Gasteiger partial charge in [-0.15, -0.1) is 0 Å². The molecule has 3 N–H and O–H groups in total. The Bertz CT molecular complexity index is 161. The number of aliphatic carboxylic acids is 1. The lowest BCUT2D eigenvalue weighted by molar-refractivity contribution is -0.142. The van der Waals surface area contributed by atoms with Gasteiger partial charge in [0.05, 0.1) is 5.92 Å². The molecule has 0 radical (unpaired) electrons. The second kappa shape index (κ2) is 4.42. The summed E-state index contributed by atoms with van der Waals surface area (Å²) < 4.78 is 0. The first kappa shape index (κ1) is 9.48. The first-order valence-corrected chi connectivity index (χ1v) is 4.36. The molecular formula is C8H16N2O2. The lowest BCUT2D eigenvalue weighted by atomic mass is 9.95. The molecule has 0 saturated carbocycles. The van der Waals surface area contributed by atoms with E-state index in [4.69, 9.17) is 5.11 Å². The summed E-state index contributed by atoms with van der Waals surface area (Å²) >= 11 is 0. The van der Waals surface area contributed by atoms with E-state index in [1.54, 1.807) is 0 Å². The van der Waals surface area contributed by atoms with E-state index >= 15 is 0 Å². The number of carbonyl (C=O) groups is 1. The van der Waals surface area contributed by atoms with Crippen LogP contribution >= 0.6 is 0 Å². The third-order valence-electron chi connectivity index (χ3n) is 2.44. The van der Waals surface area contributed by atoms with Crippen LogP contribution in [-0.2, 0) is 4.79 Å². The molecule has 1 heterocycles. The maximum atomic E-state index is 10.8. The summed E-state index contributed by atoms with van der Waals surface area (Å²) in [6.45, 7) is 1.73. The molecule has 4 nitrogen and oxygen atoms in total. The van der Waals surface area contributed by atoms with Crippen LogP contribution in [0.1, 0.15) is 12.8 Å². The highest BCUT2D eigenvalue weighted by atomic mass is 16.4. The Kier molecular flexibility index (Phi) is 3.49. The molecule has 0 aromatic heterocycles. The summed E-state index contributed by atoms with van der Waals surface area (Å²) in [4.78, 5) is 10.8. The molecule has 0 aromatic carbocycles. The Morgan fingerprint density at radius 2 is 2.17 bits per heavy atom. The Morgan fingerprint density at radius 3 is 2.75 bits per heavy atom. The molecule has 1 rings (SSSR count). The van der Waals surface area contributed by atoms with Crippen LogP contribution < -0.4 is 10.6 Å². The number of carboxylic acid groups (broad SMARTS) is 1. The van der Waals surface area contributed by atoms with Crippen molar-refractivity contribution >= 4 is 5.97 Å². The molecule has 2 unspecified atom stereocenters. The summed E-state index contributed by atoms with van der Waals surface area (Å²) in [5.41, 5.74) is 0. The molecule has 1 aliphatic heterocycles. The van der Waals surface area contributed by atoms with Crippen molar-refractivity contribution in [2.24, 2.45) is 5.92 Å². The van der Waals surface area contributed by atoms with Crippen molar-refractivity contribution in [3.05, 3.63) is 0 Å². The van der Waals surface area contributed by atoms with Gasteiger partial charge in [-0.1, -0.05) is 0 Å². The zero-order valence-electron chi connectivity index (χ0n) is 7.34. The first-order chi connectivity index (χ1) is 5.75. The van der Waals surface area contributed by atoms with Crippen LogP contribution in [0.2, 0.25) is 0 Å². The number of hydrogen-bond acceptors (Lipinski definition) is 3.